The van der Waals surface area contributed by atoms with Crippen LogP contribution in [0.5, 0.6) is 0 Å². The second-order valence-corrected chi connectivity index (χ2v) is 9.16. The molecule has 6 heteroatoms. The van der Waals surface area contributed by atoms with Crippen LogP contribution in [0, 0.1) is 0 Å². The fourth-order valence-corrected chi connectivity index (χ4v) is 4.55. The molecule has 0 heterocycles. The van der Waals surface area contributed by atoms with Gasteiger partial charge in [-0.05, 0) is 63.3 Å². The molecule has 0 aliphatic heterocycles. The van der Waals surface area contributed by atoms with Crippen molar-refractivity contribution in [2.75, 3.05) is 0 Å². The van der Waals surface area contributed by atoms with Crippen LogP contribution in [-0.4, -0.2) is 25.5 Å². The predicted octanol–water partition coefficient (Wildman–Crippen LogP) is 4.92. The molecule has 0 amide bonds. The first-order valence-electron chi connectivity index (χ1n) is 9.90. The lowest BCUT2D eigenvalue weighted by Gasteiger charge is -2.26. The first kappa shape index (κ1) is 23.6. The van der Waals surface area contributed by atoms with Crippen molar-refractivity contribution in [1.82, 2.24) is 4.72 Å². The number of carbonyl (C=O) groups is 1. The van der Waals surface area contributed by atoms with E-state index < -0.39 is 16.0 Å². The lowest BCUT2D eigenvalue weighted by molar-refractivity contribution is -0.131. The third-order valence-corrected chi connectivity index (χ3v) is 6.35. The summed E-state index contributed by atoms with van der Waals surface area (Å²) in [5, 5.41) is 8.73. The van der Waals surface area contributed by atoms with Crippen molar-refractivity contribution >= 4 is 16.0 Å². The van der Waals surface area contributed by atoms with Crippen LogP contribution >= 0.6 is 0 Å². The molecule has 0 saturated carbocycles. The fourth-order valence-electron chi connectivity index (χ4n) is 3.28. The van der Waals surface area contributed by atoms with Gasteiger partial charge in [-0.25, -0.2) is 17.9 Å². The first-order valence-corrected chi connectivity index (χ1v) is 11.4. The van der Waals surface area contributed by atoms with E-state index in [0.717, 1.165) is 36.5 Å². The number of rotatable bonds is 8. The van der Waals surface area contributed by atoms with E-state index in [-0.39, 0.29) is 10.9 Å². The molecule has 2 N–H and O–H groups in total. The molecule has 1 aromatic carbocycles. The number of nitrogens with one attached hydrogen (secondary N) is 1. The molecule has 0 bridgehead atoms. The zero-order valence-electron chi connectivity index (χ0n) is 17.6. The molecule has 0 radical (unpaired) electrons. The maximum atomic E-state index is 12.7. The molecule has 1 aromatic rings. The maximum absolute atomic E-state index is 12.7. The number of hydrogen-bond donors (Lipinski definition) is 2. The monoisotopic (exact) mass is 427 g/mol. The van der Waals surface area contributed by atoms with Crippen LogP contribution in [0.25, 0.3) is 0 Å². The third kappa shape index (κ3) is 7.28. The molecular weight excluding hydrogens is 398 g/mol. The van der Waals surface area contributed by atoms with Gasteiger partial charge < -0.3 is 5.11 Å². The zero-order valence-corrected chi connectivity index (χ0v) is 18.4. The van der Waals surface area contributed by atoms with Gasteiger partial charge in [0.25, 0.3) is 0 Å². The van der Waals surface area contributed by atoms with E-state index in [1.807, 2.05) is 32.1 Å². The normalized spacial score (nSPS) is 19.1. The van der Waals surface area contributed by atoms with Crippen LogP contribution in [0.3, 0.4) is 0 Å². The number of carboxylic acid groups (broad SMARTS) is 1. The number of hydrogen-bond acceptors (Lipinski definition) is 3. The van der Waals surface area contributed by atoms with E-state index in [1.165, 1.54) is 5.57 Å². The lowest BCUT2D eigenvalue weighted by Crippen LogP contribution is -2.37. The van der Waals surface area contributed by atoms with Crippen LogP contribution in [0.1, 0.15) is 40.0 Å². The van der Waals surface area contributed by atoms with Crippen LogP contribution in [0.15, 0.2) is 94.0 Å². The highest BCUT2D eigenvalue weighted by atomic mass is 32.2. The lowest BCUT2D eigenvalue weighted by atomic mass is 9.88. The molecule has 160 valence electrons. The van der Waals surface area contributed by atoms with Crippen molar-refractivity contribution < 1.29 is 18.3 Å². The van der Waals surface area contributed by atoms with Crippen molar-refractivity contribution in [1.29, 1.82) is 0 Å². The Hall–Kier alpha value is -2.70. The quantitative estimate of drug-likeness (QED) is 0.455. The van der Waals surface area contributed by atoms with E-state index in [0.29, 0.717) is 5.57 Å². The molecule has 0 spiro atoms. The predicted molar refractivity (Wildman–Crippen MR) is 121 cm³/mol. The number of aliphatic carboxylic acids is 1. The van der Waals surface area contributed by atoms with Gasteiger partial charge in [0, 0.05) is 12.1 Å². The Labute approximate surface area is 179 Å². The molecule has 0 aromatic heterocycles. The minimum atomic E-state index is -3.59. The Morgan fingerprint density at radius 3 is 2.50 bits per heavy atom. The van der Waals surface area contributed by atoms with Gasteiger partial charge in [0.1, 0.15) is 0 Å². The van der Waals surface area contributed by atoms with E-state index in [1.54, 1.807) is 49.4 Å². The minimum absolute atomic E-state index is 0.260. The topological polar surface area (TPSA) is 83.5 Å². The van der Waals surface area contributed by atoms with Crippen molar-refractivity contribution in [3.05, 3.63) is 89.1 Å². The van der Waals surface area contributed by atoms with Gasteiger partial charge in [0.15, 0.2) is 0 Å². The minimum Gasteiger partial charge on any atom is -0.478 e. The van der Waals surface area contributed by atoms with Crippen LogP contribution in [-0.2, 0) is 14.8 Å². The van der Waals surface area contributed by atoms with Crippen molar-refractivity contribution in [2.45, 2.75) is 51.0 Å². The maximum Gasteiger partial charge on any atom is 0.328 e. The first-order chi connectivity index (χ1) is 14.2. The summed E-state index contributed by atoms with van der Waals surface area (Å²) in [7, 11) is -3.59. The Balaban J connectivity index is 2.16. The van der Waals surface area contributed by atoms with Gasteiger partial charge in [0.2, 0.25) is 10.0 Å². The summed E-state index contributed by atoms with van der Waals surface area (Å²) in [6.07, 6.45) is 13.1. The van der Waals surface area contributed by atoms with Crippen molar-refractivity contribution in [2.24, 2.45) is 0 Å². The van der Waals surface area contributed by atoms with E-state index in [9.17, 15) is 13.2 Å². The van der Waals surface area contributed by atoms with E-state index in [4.69, 9.17) is 5.11 Å². The Morgan fingerprint density at radius 2 is 1.83 bits per heavy atom. The molecule has 1 aliphatic rings. The number of allylic oxidation sites excluding steroid dienone is 7. The SMILES string of the molecule is CC1=C(/C=C/C(C)=C/C=C/C(C)=C/C(=O)O)[C@@H](NS(=O)(=O)c2ccccc2)CCC1. The average Bonchev–Trinajstić information content (AvgIpc) is 2.67. The van der Waals surface area contributed by atoms with Crippen molar-refractivity contribution in [3.63, 3.8) is 0 Å². The van der Waals surface area contributed by atoms with E-state index in [2.05, 4.69) is 4.72 Å². The molecule has 0 saturated heterocycles. The fraction of sp³-hybridized carbons (Fsp3) is 0.292. The van der Waals surface area contributed by atoms with Gasteiger partial charge in [0.05, 0.1) is 4.90 Å². The second-order valence-electron chi connectivity index (χ2n) is 7.44. The van der Waals surface area contributed by atoms with Gasteiger partial charge >= 0.3 is 5.97 Å². The third-order valence-electron chi connectivity index (χ3n) is 4.86. The Kier molecular flexibility index (Phi) is 8.57. The number of sulfonamides is 1. The van der Waals surface area contributed by atoms with Crippen molar-refractivity contribution in [3.8, 4) is 0 Å². The highest BCUT2D eigenvalue weighted by Gasteiger charge is 2.25. The average molecular weight is 428 g/mol. The number of benzene rings is 1. The standard InChI is InChI=1S/C24H29NO4S/c1-18(9-7-10-19(2)17-24(26)27)15-16-22-20(3)11-8-14-23(22)25-30(28,29)21-12-5-4-6-13-21/h4-7,9-10,12-13,15-17,23,25H,8,11,14H2,1-3H3,(H,26,27)/b10-7+,16-15+,18-9+,19-17+/t23-/m0/s1. The second kappa shape index (κ2) is 10.9. The highest BCUT2D eigenvalue weighted by molar-refractivity contribution is 7.89. The Morgan fingerprint density at radius 1 is 1.13 bits per heavy atom. The van der Waals surface area contributed by atoms with E-state index >= 15 is 0 Å². The summed E-state index contributed by atoms with van der Waals surface area (Å²) >= 11 is 0. The molecule has 2 rings (SSSR count). The van der Waals surface area contributed by atoms with Gasteiger partial charge in [-0.1, -0.05) is 59.7 Å². The van der Waals surface area contributed by atoms with Crippen LogP contribution in [0.2, 0.25) is 0 Å². The summed E-state index contributed by atoms with van der Waals surface area (Å²) in [4.78, 5) is 10.9. The van der Waals surface area contributed by atoms with Crippen LogP contribution in [0.4, 0.5) is 0 Å². The molecule has 0 fully saturated rings. The molecule has 1 aliphatic carbocycles. The highest BCUT2D eigenvalue weighted by Crippen LogP contribution is 2.27. The summed E-state index contributed by atoms with van der Waals surface area (Å²) in [6, 6.07) is 8.15. The molecular formula is C24H29NO4S. The van der Waals surface area contributed by atoms with Gasteiger partial charge in [-0.2, -0.15) is 0 Å². The smallest absolute Gasteiger partial charge is 0.328 e. The summed E-state index contributed by atoms with van der Waals surface area (Å²) in [6.45, 7) is 5.71. The Bertz CT molecular complexity index is 1010. The summed E-state index contributed by atoms with van der Waals surface area (Å²) in [5.74, 6) is -0.971. The summed E-state index contributed by atoms with van der Waals surface area (Å²) < 4.78 is 28.4. The zero-order chi connectivity index (χ0) is 22.1. The summed E-state index contributed by atoms with van der Waals surface area (Å²) in [5.41, 5.74) is 3.81. The van der Waals surface area contributed by atoms with Gasteiger partial charge in [-0.15, -0.1) is 0 Å². The number of carboxylic acids is 1. The molecule has 1 atom stereocenters. The van der Waals surface area contributed by atoms with Gasteiger partial charge in [-0.3, -0.25) is 0 Å². The molecule has 0 unspecified atom stereocenters. The van der Waals surface area contributed by atoms with Crippen LogP contribution < -0.4 is 4.72 Å². The largest absolute Gasteiger partial charge is 0.478 e. The molecule has 5 nitrogen and oxygen atoms in total. The molecule has 30 heavy (non-hydrogen) atoms.